The van der Waals surface area contributed by atoms with Gasteiger partial charge in [0.25, 0.3) is 0 Å². The number of aliphatic carboxylic acids is 1. The van der Waals surface area contributed by atoms with Gasteiger partial charge in [0, 0.05) is 11.0 Å². The van der Waals surface area contributed by atoms with Crippen molar-refractivity contribution in [3.63, 3.8) is 0 Å². The van der Waals surface area contributed by atoms with Crippen LogP contribution in [0.1, 0.15) is 52.9 Å². The molecule has 0 radical (unpaired) electrons. The maximum atomic E-state index is 12.1. The standard InChI is InChI=1S/C19H26O4/c1-11-15(21)13(20)9-14-18(11,3)6-5-12-10-17(2,16(22)23)7-8-19(12,14)4/h9,12,14,20H,1,5-8,10H2,2-4H3,(H,22,23). The molecule has 3 aliphatic rings. The maximum absolute atomic E-state index is 12.1. The summed E-state index contributed by atoms with van der Waals surface area (Å²) < 4.78 is 0. The summed E-state index contributed by atoms with van der Waals surface area (Å²) in [6.07, 6.45) is 5.56. The van der Waals surface area contributed by atoms with Gasteiger partial charge < -0.3 is 10.2 Å². The molecule has 2 fully saturated rings. The molecule has 0 bridgehead atoms. The number of rotatable bonds is 1. The Morgan fingerprint density at radius 2 is 1.91 bits per heavy atom. The first kappa shape index (κ1) is 16.3. The molecule has 2 N–H and O–H groups in total. The van der Waals surface area contributed by atoms with Gasteiger partial charge in [-0.3, -0.25) is 9.59 Å². The number of carboxylic acids is 1. The average Bonchev–Trinajstić information content (AvgIpc) is 2.49. The predicted octanol–water partition coefficient (Wildman–Crippen LogP) is 3.88. The van der Waals surface area contributed by atoms with Crippen molar-refractivity contribution in [2.24, 2.45) is 28.1 Å². The molecule has 0 aliphatic heterocycles. The van der Waals surface area contributed by atoms with E-state index in [1.807, 2.05) is 6.92 Å². The number of carbonyl (C=O) groups is 2. The van der Waals surface area contributed by atoms with Crippen LogP contribution in [0.2, 0.25) is 0 Å². The van der Waals surface area contributed by atoms with Crippen molar-refractivity contribution < 1.29 is 19.8 Å². The summed E-state index contributed by atoms with van der Waals surface area (Å²) in [6, 6.07) is 0. The van der Waals surface area contributed by atoms with Crippen molar-refractivity contribution >= 4 is 11.8 Å². The third kappa shape index (κ3) is 2.03. The predicted molar refractivity (Wildman–Crippen MR) is 86.9 cm³/mol. The van der Waals surface area contributed by atoms with E-state index in [1.54, 1.807) is 6.08 Å². The summed E-state index contributed by atoms with van der Waals surface area (Å²) in [4.78, 5) is 23.8. The highest BCUT2D eigenvalue weighted by Gasteiger charge is 2.60. The highest BCUT2D eigenvalue weighted by molar-refractivity contribution is 6.08. The van der Waals surface area contributed by atoms with Gasteiger partial charge in [-0.1, -0.05) is 20.4 Å². The number of Topliss-reactive ketones (excluding diaryl/α,β-unsaturated/α-hetero) is 1. The number of carboxylic acid groups (broad SMARTS) is 1. The third-order valence-corrected chi connectivity index (χ3v) is 7.29. The second-order valence-corrected chi connectivity index (χ2v) is 8.57. The summed E-state index contributed by atoms with van der Waals surface area (Å²) in [5.74, 6) is -0.907. The topological polar surface area (TPSA) is 74.6 Å². The van der Waals surface area contributed by atoms with E-state index in [0.717, 1.165) is 19.3 Å². The lowest BCUT2D eigenvalue weighted by molar-refractivity contribution is -0.158. The lowest BCUT2D eigenvalue weighted by atomic mass is 9.43. The van der Waals surface area contributed by atoms with Gasteiger partial charge in [-0.15, -0.1) is 0 Å². The van der Waals surface area contributed by atoms with Crippen molar-refractivity contribution in [3.8, 4) is 0 Å². The number of fused-ring (bicyclic) bond motifs is 3. The molecule has 0 saturated heterocycles. The Morgan fingerprint density at radius 1 is 1.26 bits per heavy atom. The molecule has 4 nitrogen and oxygen atoms in total. The van der Waals surface area contributed by atoms with E-state index in [1.165, 1.54) is 0 Å². The normalized spacial score (nSPS) is 46.7. The van der Waals surface area contributed by atoms with Gasteiger partial charge in [0.15, 0.2) is 5.76 Å². The summed E-state index contributed by atoms with van der Waals surface area (Å²) in [5.41, 5.74) is -0.579. The highest BCUT2D eigenvalue weighted by Crippen LogP contribution is 2.65. The van der Waals surface area contributed by atoms with Crippen LogP contribution in [-0.4, -0.2) is 22.0 Å². The lowest BCUT2D eigenvalue weighted by Gasteiger charge is -2.60. The van der Waals surface area contributed by atoms with E-state index in [-0.39, 0.29) is 28.3 Å². The van der Waals surface area contributed by atoms with Gasteiger partial charge in [-0.05, 0) is 62.4 Å². The minimum Gasteiger partial charge on any atom is -0.504 e. The van der Waals surface area contributed by atoms with E-state index < -0.39 is 11.4 Å². The fourth-order valence-electron chi connectivity index (χ4n) is 5.38. The quantitative estimate of drug-likeness (QED) is 0.719. The van der Waals surface area contributed by atoms with Crippen LogP contribution < -0.4 is 0 Å². The molecule has 5 atom stereocenters. The monoisotopic (exact) mass is 318 g/mol. The van der Waals surface area contributed by atoms with Gasteiger partial charge >= 0.3 is 5.97 Å². The molecule has 0 amide bonds. The zero-order valence-corrected chi connectivity index (χ0v) is 14.2. The molecule has 4 heteroatoms. The summed E-state index contributed by atoms with van der Waals surface area (Å²) in [5, 5.41) is 19.6. The van der Waals surface area contributed by atoms with E-state index in [9.17, 15) is 19.8 Å². The zero-order chi connectivity index (χ0) is 17.2. The van der Waals surface area contributed by atoms with Crippen LogP contribution in [0.25, 0.3) is 0 Å². The molecule has 5 unspecified atom stereocenters. The Balaban J connectivity index is 2.02. The van der Waals surface area contributed by atoms with Crippen LogP contribution in [0.3, 0.4) is 0 Å². The molecule has 23 heavy (non-hydrogen) atoms. The van der Waals surface area contributed by atoms with Crippen LogP contribution in [0.5, 0.6) is 0 Å². The molecule has 0 heterocycles. The Labute approximate surface area is 137 Å². The largest absolute Gasteiger partial charge is 0.504 e. The first-order chi connectivity index (χ1) is 10.5. The minimum atomic E-state index is -0.713. The van der Waals surface area contributed by atoms with Crippen LogP contribution in [0.15, 0.2) is 24.0 Å². The summed E-state index contributed by atoms with van der Waals surface area (Å²) >= 11 is 0. The highest BCUT2D eigenvalue weighted by atomic mass is 16.4. The van der Waals surface area contributed by atoms with Gasteiger partial charge in [-0.25, -0.2) is 0 Å². The maximum Gasteiger partial charge on any atom is 0.309 e. The van der Waals surface area contributed by atoms with Crippen LogP contribution in [-0.2, 0) is 9.59 Å². The van der Waals surface area contributed by atoms with E-state index >= 15 is 0 Å². The molecule has 3 rings (SSSR count). The van der Waals surface area contributed by atoms with Gasteiger partial charge in [-0.2, -0.15) is 0 Å². The Hall–Kier alpha value is -1.58. The van der Waals surface area contributed by atoms with Crippen molar-refractivity contribution in [2.45, 2.75) is 52.9 Å². The second-order valence-electron chi connectivity index (χ2n) is 8.57. The van der Waals surface area contributed by atoms with E-state index in [2.05, 4.69) is 20.4 Å². The third-order valence-electron chi connectivity index (χ3n) is 7.29. The SMILES string of the molecule is C=C1C(=O)C(O)=CC2C1(C)CCC1CC(C)(C(=O)O)CCC12C. The number of hydrogen-bond donors (Lipinski definition) is 2. The van der Waals surface area contributed by atoms with E-state index in [4.69, 9.17) is 0 Å². The Morgan fingerprint density at radius 3 is 2.52 bits per heavy atom. The molecule has 3 aliphatic carbocycles. The minimum absolute atomic E-state index is 0.0392. The van der Waals surface area contributed by atoms with Gasteiger partial charge in [0.1, 0.15) is 0 Å². The lowest BCUT2D eigenvalue weighted by Crippen LogP contribution is -2.55. The number of ketones is 1. The van der Waals surface area contributed by atoms with Gasteiger partial charge in [0.2, 0.25) is 5.78 Å². The first-order valence-electron chi connectivity index (χ1n) is 8.43. The number of aliphatic hydroxyl groups excluding tert-OH is 1. The number of carbonyl (C=O) groups excluding carboxylic acids is 1. The molecule has 0 aromatic heterocycles. The molecule has 0 spiro atoms. The Kier molecular flexibility index (Phi) is 3.34. The molecule has 2 saturated carbocycles. The number of hydrogen-bond acceptors (Lipinski definition) is 3. The van der Waals surface area contributed by atoms with Crippen molar-refractivity contribution in [3.05, 3.63) is 24.0 Å². The zero-order valence-electron chi connectivity index (χ0n) is 14.2. The van der Waals surface area contributed by atoms with Crippen LogP contribution in [0.4, 0.5) is 0 Å². The molecule has 0 aromatic rings. The van der Waals surface area contributed by atoms with Crippen LogP contribution in [0, 0.1) is 28.1 Å². The summed E-state index contributed by atoms with van der Waals surface area (Å²) in [7, 11) is 0. The second kappa shape index (κ2) is 4.71. The van der Waals surface area contributed by atoms with Crippen LogP contribution >= 0.6 is 0 Å². The number of allylic oxidation sites excluding steroid dienone is 2. The van der Waals surface area contributed by atoms with Crippen molar-refractivity contribution in [2.75, 3.05) is 0 Å². The van der Waals surface area contributed by atoms with E-state index in [0.29, 0.717) is 24.3 Å². The smallest absolute Gasteiger partial charge is 0.309 e. The molecule has 0 aromatic carbocycles. The van der Waals surface area contributed by atoms with Gasteiger partial charge in [0.05, 0.1) is 5.41 Å². The molecular formula is C19H26O4. The first-order valence-corrected chi connectivity index (χ1v) is 8.43. The fourth-order valence-corrected chi connectivity index (χ4v) is 5.38. The van der Waals surface area contributed by atoms with Crippen molar-refractivity contribution in [1.82, 2.24) is 0 Å². The van der Waals surface area contributed by atoms with Crippen molar-refractivity contribution in [1.29, 1.82) is 0 Å². The Bertz CT molecular complexity index is 633. The average molecular weight is 318 g/mol. The molecular weight excluding hydrogens is 292 g/mol. The summed E-state index contributed by atoms with van der Waals surface area (Å²) in [6.45, 7) is 10.1. The molecule has 126 valence electrons. The fraction of sp³-hybridized carbons (Fsp3) is 0.684. The number of aliphatic hydroxyl groups is 1.